The number of hydrogen-bond donors (Lipinski definition) is 6. The highest BCUT2D eigenvalue weighted by molar-refractivity contribution is 5.66. The van der Waals surface area contributed by atoms with Gasteiger partial charge in [-0.3, -0.25) is 4.79 Å². The second kappa shape index (κ2) is 24.0. The molecule has 0 saturated carbocycles. The van der Waals surface area contributed by atoms with Gasteiger partial charge in [0.15, 0.2) is 0 Å². The Kier molecular flexibility index (Phi) is 24.8. The average molecular weight is 433 g/mol. The van der Waals surface area contributed by atoms with E-state index < -0.39 is 37.5 Å². The Hall–Kier alpha value is -1.25. The van der Waals surface area contributed by atoms with Gasteiger partial charge in [0.25, 0.3) is 0 Å². The molecule has 30 heavy (non-hydrogen) atoms. The zero-order valence-electron chi connectivity index (χ0n) is 18.5. The Morgan fingerprint density at radius 3 is 1.67 bits per heavy atom. The van der Waals surface area contributed by atoms with E-state index >= 15 is 0 Å². The number of carbonyl (C=O) groups is 1. The Balaban J connectivity index is 0. The topological polar surface area (TPSA) is 138 Å². The van der Waals surface area contributed by atoms with Crippen LogP contribution in [0, 0.1) is 0 Å². The van der Waals surface area contributed by atoms with E-state index in [1.807, 2.05) is 0 Å². The summed E-state index contributed by atoms with van der Waals surface area (Å²) in [6.45, 7) is 0.953. The number of allylic oxidation sites excluding steroid dienone is 4. The van der Waals surface area contributed by atoms with Crippen molar-refractivity contribution in [2.75, 3.05) is 13.2 Å². The Morgan fingerprint density at radius 2 is 1.20 bits per heavy atom. The molecule has 0 bridgehead atoms. The molecular formula is C23H44O7. The highest BCUT2D eigenvalue weighted by Crippen LogP contribution is 2.08. The van der Waals surface area contributed by atoms with Crippen molar-refractivity contribution in [1.82, 2.24) is 0 Å². The number of unbranched alkanes of at least 4 members (excludes halogenated alkanes) is 8. The van der Waals surface area contributed by atoms with Gasteiger partial charge in [0.2, 0.25) is 0 Å². The van der Waals surface area contributed by atoms with E-state index in [1.165, 1.54) is 44.9 Å². The van der Waals surface area contributed by atoms with Crippen LogP contribution in [0.15, 0.2) is 24.3 Å². The molecule has 178 valence electrons. The van der Waals surface area contributed by atoms with Crippen LogP contribution in [0.5, 0.6) is 0 Å². The van der Waals surface area contributed by atoms with Crippen LogP contribution in [0.1, 0.15) is 84.0 Å². The second-order valence-corrected chi connectivity index (χ2v) is 7.36. The molecule has 7 nitrogen and oxygen atoms in total. The third kappa shape index (κ3) is 23.0. The summed E-state index contributed by atoms with van der Waals surface area (Å²) >= 11 is 0. The summed E-state index contributed by atoms with van der Waals surface area (Å²) in [7, 11) is 0. The zero-order chi connectivity index (χ0) is 23.0. The normalized spacial score (nSPS) is 14.5. The minimum absolute atomic E-state index is 0.324. The fourth-order valence-corrected chi connectivity index (χ4v) is 2.56. The number of carboxylic acids is 1. The lowest BCUT2D eigenvalue weighted by molar-refractivity contribution is -0.137. The molecule has 0 fully saturated rings. The molecule has 2 unspecified atom stereocenters. The maximum absolute atomic E-state index is 10.3. The molecule has 0 aromatic heterocycles. The summed E-state index contributed by atoms with van der Waals surface area (Å²) in [6.07, 6.45) is 18.0. The highest BCUT2D eigenvalue weighted by Gasteiger charge is 2.22. The Labute approximate surface area is 181 Å². The van der Waals surface area contributed by atoms with Crippen molar-refractivity contribution < 1.29 is 35.4 Å². The lowest BCUT2D eigenvalue weighted by Crippen LogP contribution is -2.41. The van der Waals surface area contributed by atoms with Gasteiger partial charge < -0.3 is 30.6 Å². The first kappa shape index (κ1) is 30.9. The van der Waals surface area contributed by atoms with E-state index in [-0.39, 0.29) is 0 Å². The quantitative estimate of drug-likeness (QED) is 0.145. The molecule has 0 amide bonds. The van der Waals surface area contributed by atoms with Crippen molar-refractivity contribution >= 4 is 5.97 Å². The van der Waals surface area contributed by atoms with Gasteiger partial charge in [-0.15, -0.1) is 0 Å². The molecule has 0 aliphatic rings. The molecule has 0 radical (unpaired) electrons. The molecule has 6 N–H and O–H groups in total. The van der Waals surface area contributed by atoms with Crippen molar-refractivity contribution in [3.05, 3.63) is 24.3 Å². The van der Waals surface area contributed by atoms with E-state index in [4.69, 9.17) is 30.6 Å². The molecule has 0 aliphatic carbocycles. The summed E-state index contributed by atoms with van der Waals surface area (Å²) in [5.41, 5.74) is 0. The van der Waals surface area contributed by atoms with Gasteiger partial charge >= 0.3 is 5.97 Å². The molecule has 0 aromatic carbocycles. The number of aliphatic hydroxyl groups excluding tert-OH is 5. The van der Waals surface area contributed by atoms with Gasteiger partial charge in [0, 0.05) is 6.42 Å². The summed E-state index contributed by atoms with van der Waals surface area (Å²) < 4.78 is 0. The SMILES string of the molecule is CCCCC/C=C\C/C=C\CCCCCCCC(=O)O.OCC(O)C(O)C(O)CO. The van der Waals surface area contributed by atoms with E-state index in [2.05, 4.69) is 31.2 Å². The zero-order valence-corrected chi connectivity index (χ0v) is 18.5. The number of aliphatic hydroxyl groups is 5. The molecule has 7 heteroatoms. The van der Waals surface area contributed by atoms with Gasteiger partial charge in [-0.1, -0.05) is 63.3 Å². The monoisotopic (exact) mass is 432 g/mol. The third-order valence-corrected chi connectivity index (χ3v) is 4.50. The van der Waals surface area contributed by atoms with Gasteiger partial charge in [0.05, 0.1) is 13.2 Å². The Morgan fingerprint density at radius 1 is 0.733 bits per heavy atom. The maximum atomic E-state index is 10.3. The van der Waals surface area contributed by atoms with Crippen LogP contribution in [0.4, 0.5) is 0 Å². The molecule has 0 aliphatic heterocycles. The number of carboxylic acid groups (broad SMARTS) is 1. The summed E-state index contributed by atoms with van der Waals surface area (Å²) in [6, 6.07) is 0. The summed E-state index contributed by atoms with van der Waals surface area (Å²) in [5.74, 6) is -0.671. The van der Waals surface area contributed by atoms with E-state index in [9.17, 15) is 4.79 Å². The van der Waals surface area contributed by atoms with E-state index in [1.54, 1.807) is 0 Å². The Bertz CT molecular complexity index is 414. The number of hydrogen-bond acceptors (Lipinski definition) is 6. The van der Waals surface area contributed by atoms with Gasteiger partial charge in [-0.05, 0) is 38.5 Å². The average Bonchev–Trinajstić information content (AvgIpc) is 2.74. The van der Waals surface area contributed by atoms with Crippen LogP contribution in [-0.4, -0.2) is 68.1 Å². The van der Waals surface area contributed by atoms with Crippen molar-refractivity contribution in [2.24, 2.45) is 0 Å². The fourth-order valence-electron chi connectivity index (χ4n) is 2.56. The fraction of sp³-hybridized carbons (Fsp3) is 0.783. The maximum Gasteiger partial charge on any atom is 0.303 e. The largest absolute Gasteiger partial charge is 0.481 e. The van der Waals surface area contributed by atoms with E-state index in [0.29, 0.717) is 6.42 Å². The number of aliphatic carboxylic acids is 1. The van der Waals surface area contributed by atoms with E-state index in [0.717, 1.165) is 25.7 Å². The summed E-state index contributed by atoms with van der Waals surface area (Å²) in [5, 5.41) is 51.1. The van der Waals surface area contributed by atoms with Crippen LogP contribution in [0.3, 0.4) is 0 Å². The van der Waals surface area contributed by atoms with Crippen molar-refractivity contribution in [3.63, 3.8) is 0 Å². The molecule has 0 spiro atoms. The highest BCUT2D eigenvalue weighted by atomic mass is 16.4. The molecular weight excluding hydrogens is 388 g/mol. The van der Waals surface area contributed by atoms with Crippen LogP contribution in [0.2, 0.25) is 0 Å². The van der Waals surface area contributed by atoms with Crippen LogP contribution in [-0.2, 0) is 4.79 Å². The van der Waals surface area contributed by atoms with Crippen LogP contribution < -0.4 is 0 Å². The molecule has 0 rings (SSSR count). The van der Waals surface area contributed by atoms with Crippen molar-refractivity contribution in [1.29, 1.82) is 0 Å². The molecule has 0 heterocycles. The summed E-state index contributed by atoms with van der Waals surface area (Å²) in [4.78, 5) is 10.3. The second-order valence-electron chi connectivity index (χ2n) is 7.36. The lowest BCUT2D eigenvalue weighted by atomic mass is 10.1. The smallest absolute Gasteiger partial charge is 0.303 e. The minimum Gasteiger partial charge on any atom is -0.481 e. The number of rotatable bonds is 18. The first-order chi connectivity index (χ1) is 14.4. The van der Waals surface area contributed by atoms with Gasteiger partial charge in [0.1, 0.15) is 18.3 Å². The van der Waals surface area contributed by atoms with Crippen LogP contribution >= 0.6 is 0 Å². The van der Waals surface area contributed by atoms with Gasteiger partial charge in [-0.2, -0.15) is 0 Å². The van der Waals surface area contributed by atoms with Gasteiger partial charge in [-0.25, -0.2) is 0 Å². The molecule has 0 saturated heterocycles. The molecule has 2 atom stereocenters. The third-order valence-electron chi connectivity index (χ3n) is 4.50. The van der Waals surface area contributed by atoms with Crippen molar-refractivity contribution in [2.45, 2.75) is 102 Å². The van der Waals surface area contributed by atoms with Crippen LogP contribution in [0.25, 0.3) is 0 Å². The lowest BCUT2D eigenvalue weighted by Gasteiger charge is -2.19. The predicted molar refractivity (Wildman–Crippen MR) is 119 cm³/mol. The molecule has 0 aromatic rings. The predicted octanol–water partition coefficient (Wildman–Crippen LogP) is 2.94. The first-order valence-electron chi connectivity index (χ1n) is 11.2. The minimum atomic E-state index is -1.49. The standard InChI is InChI=1S/C18H32O2.C5H12O5/c1-2-3-4-5-6-7-8-9-10-11-12-13-14-15-16-17-18(19)20;6-1-3(8)5(10)4(9)2-7/h6-7,9-10H,2-5,8,11-17H2,1H3,(H,19,20);3-10H,1-2H2/b7-6-,10-9-;. The van der Waals surface area contributed by atoms with Crippen molar-refractivity contribution in [3.8, 4) is 0 Å². The first-order valence-corrected chi connectivity index (χ1v) is 11.2.